The predicted molar refractivity (Wildman–Crippen MR) is 70.1 cm³/mol. The number of esters is 1. The minimum atomic E-state index is -0.577. The van der Waals surface area contributed by atoms with Crippen LogP contribution in [0.2, 0.25) is 0 Å². The van der Waals surface area contributed by atoms with Crippen LogP contribution in [0.5, 0.6) is 0 Å². The summed E-state index contributed by atoms with van der Waals surface area (Å²) in [6.07, 6.45) is 1.92. The number of hydrogen-bond acceptors (Lipinski definition) is 2. The average Bonchev–Trinajstić information content (AvgIpc) is 2.87. The lowest BCUT2D eigenvalue weighted by atomic mass is 10.4. The standard InChI is InChI=1S/C13H14NO2P/c1-16-13(15)12-9-6-10-14(12)17(2)11-7-4-3-5-8-11/h3-10H,1-2H3. The highest BCUT2D eigenvalue weighted by Gasteiger charge is 2.15. The minimum Gasteiger partial charge on any atom is -0.464 e. The quantitative estimate of drug-likeness (QED) is 0.616. The van der Waals surface area contributed by atoms with Gasteiger partial charge in [-0.25, -0.2) is 4.79 Å². The molecule has 0 aliphatic carbocycles. The summed E-state index contributed by atoms with van der Waals surface area (Å²) in [6.45, 7) is 2.12. The Balaban J connectivity index is 2.35. The van der Waals surface area contributed by atoms with Crippen LogP contribution in [0.25, 0.3) is 0 Å². The maximum Gasteiger partial charge on any atom is 0.354 e. The molecule has 3 nitrogen and oxygen atoms in total. The van der Waals surface area contributed by atoms with E-state index in [2.05, 4.69) is 18.8 Å². The molecule has 0 fully saturated rings. The number of methoxy groups -OCH3 is 1. The second-order valence-electron chi connectivity index (χ2n) is 3.59. The number of aromatic nitrogens is 1. The van der Waals surface area contributed by atoms with Crippen molar-refractivity contribution >= 4 is 19.3 Å². The van der Waals surface area contributed by atoms with Crippen LogP contribution >= 0.6 is 8.07 Å². The molecular weight excluding hydrogens is 233 g/mol. The van der Waals surface area contributed by atoms with Gasteiger partial charge in [-0.15, -0.1) is 0 Å². The topological polar surface area (TPSA) is 31.2 Å². The third kappa shape index (κ3) is 2.40. The van der Waals surface area contributed by atoms with E-state index < -0.39 is 8.07 Å². The third-order valence-corrected chi connectivity index (χ3v) is 4.62. The van der Waals surface area contributed by atoms with E-state index in [9.17, 15) is 4.79 Å². The fourth-order valence-corrected chi connectivity index (χ4v) is 3.27. The molecule has 2 rings (SSSR count). The molecule has 0 saturated heterocycles. The Morgan fingerprint density at radius 1 is 1.18 bits per heavy atom. The van der Waals surface area contributed by atoms with Gasteiger partial charge in [-0.3, -0.25) is 0 Å². The van der Waals surface area contributed by atoms with E-state index in [1.54, 1.807) is 6.07 Å². The van der Waals surface area contributed by atoms with Crippen LogP contribution in [0, 0.1) is 0 Å². The summed E-state index contributed by atoms with van der Waals surface area (Å²) < 4.78 is 6.75. The molecule has 1 aromatic heterocycles. The van der Waals surface area contributed by atoms with E-state index in [4.69, 9.17) is 4.74 Å². The smallest absolute Gasteiger partial charge is 0.354 e. The van der Waals surface area contributed by atoms with Crippen LogP contribution in [0.15, 0.2) is 48.7 Å². The molecule has 0 spiro atoms. The average molecular weight is 247 g/mol. The van der Waals surface area contributed by atoms with Crippen molar-refractivity contribution in [2.45, 2.75) is 0 Å². The van der Waals surface area contributed by atoms with E-state index in [1.807, 2.05) is 34.8 Å². The van der Waals surface area contributed by atoms with Crippen molar-refractivity contribution in [2.24, 2.45) is 0 Å². The SMILES string of the molecule is COC(=O)c1cccn1P(C)c1ccccc1. The van der Waals surface area contributed by atoms with Crippen molar-refractivity contribution < 1.29 is 9.53 Å². The van der Waals surface area contributed by atoms with E-state index >= 15 is 0 Å². The van der Waals surface area contributed by atoms with Gasteiger partial charge in [-0.2, -0.15) is 0 Å². The predicted octanol–water partition coefficient (Wildman–Crippen LogP) is 2.48. The van der Waals surface area contributed by atoms with Crippen molar-refractivity contribution in [1.29, 1.82) is 0 Å². The molecular formula is C13H14NO2P. The Morgan fingerprint density at radius 2 is 1.88 bits per heavy atom. The summed E-state index contributed by atoms with van der Waals surface area (Å²) in [5.74, 6) is -0.291. The molecule has 1 aromatic carbocycles. The maximum atomic E-state index is 11.6. The molecule has 0 bridgehead atoms. The Labute approximate surface area is 102 Å². The second-order valence-corrected chi connectivity index (χ2v) is 5.58. The van der Waals surface area contributed by atoms with Crippen LogP contribution in [0.1, 0.15) is 10.5 Å². The molecule has 88 valence electrons. The lowest BCUT2D eigenvalue weighted by Gasteiger charge is -2.16. The van der Waals surface area contributed by atoms with Crippen molar-refractivity contribution in [3.63, 3.8) is 0 Å². The Morgan fingerprint density at radius 3 is 2.53 bits per heavy atom. The molecule has 0 N–H and O–H groups in total. The zero-order valence-corrected chi connectivity index (χ0v) is 10.7. The lowest BCUT2D eigenvalue weighted by Crippen LogP contribution is -2.12. The number of ether oxygens (including phenoxy) is 1. The summed E-state index contributed by atoms with van der Waals surface area (Å²) in [4.78, 5) is 11.6. The van der Waals surface area contributed by atoms with Crippen LogP contribution in [0.3, 0.4) is 0 Å². The van der Waals surface area contributed by atoms with E-state index in [1.165, 1.54) is 12.4 Å². The van der Waals surface area contributed by atoms with Crippen molar-refractivity contribution in [3.8, 4) is 0 Å². The van der Waals surface area contributed by atoms with Crippen molar-refractivity contribution in [3.05, 3.63) is 54.4 Å². The minimum absolute atomic E-state index is 0.291. The fraction of sp³-hybridized carbons (Fsp3) is 0.154. The van der Waals surface area contributed by atoms with Crippen LogP contribution < -0.4 is 5.30 Å². The Kier molecular flexibility index (Phi) is 3.60. The number of benzene rings is 1. The first-order chi connectivity index (χ1) is 8.24. The molecule has 1 atom stereocenters. The van der Waals surface area contributed by atoms with Gasteiger partial charge in [0.25, 0.3) is 0 Å². The summed E-state index contributed by atoms with van der Waals surface area (Å²) in [5.41, 5.74) is 0.602. The van der Waals surface area contributed by atoms with Gasteiger partial charge in [0, 0.05) is 14.3 Å². The van der Waals surface area contributed by atoms with Gasteiger partial charge in [-0.05, 0) is 24.1 Å². The number of rotatable bonds is 3. The summed E-state index contributed by atoms with van der Waals surface area (Å²) in [7, 11) is 0.826. The summed E-state index contributed by atoms with van der Waals surface area (Å²) >= 11 is 0. The molecule has 0 aliphatic rings. The highest BCUT2D eigenvalue weighted by Crippen LogP contribution is 2.33. The molecule has 1 heterocycles. The first kappa shape index (κ1) is 11.9. The molecule has 0 aliphatic heterocycles. The molecule has 4 heteroatoms. The molecule has 17 heavy (non-hydrogen) atoms. The molecule has 0 saturated carbocycles. The molecule has 0 amide bonds. The van der Waals surface area contributed by atoms with Crippen molar-refractivity contribution in [1.82, 2.24) is 4.34 Å². The number of nitrogens with zero attached hydrogens (tertiary/aromatic N) is 1. The largest absolute Gasteiger partial charge is 0.464 e. The normalized spacial score (nSPS) is 12.1. The van der Waals surface area contributed by atoms with Gasteiger partial charge in [0.15, 0.2) is 0 Å². The molecule has 0 radical (unpaired) electrons. The summed E-state index contributed by atoms with van der Waals surface area (Å²) in [5, 5.41) is 1.23. The third-order valence-electron chi connectivity index (χ3n) is 2.58. The Bertz CT molecular complexity index is 507. The highest BCUT2D eigenvalue weighted by molar-refractivity contribution is 7.63. The lowest BCUT2D eigenvalue weighted by molar-refractivity contribution is 0.0593. The van der Waals surface area contributed by atoms with E-state index in [-0.39, 0.29) is 5.97 Å². The van der Waals surface area contributed by atoms with Gasteiger partial charge in [0.2, 0.25) is 0 Å². The molecule has 1 unspecified atom stereocenters. The highest BCUT2D eigenvalue weighted by atomic mass is 31.1. The number of hydrogen-bond donors (Lipinski definition) is 0. The van der Waals surface area contributed by atoms with Gasteiger partial charge in [0.1, 0.15) is 5.69 Å². The Hall–Kier alpha value is -1.60. The van der Waals surface area contributed by atoms with Crippen LogP contribution in [0.4, 0.5) is 0 Å². The number of carbonyl (C=O) groups is 1. The monoisotopic (exact) mass is 247 g/mol. The van der Waals surface area contributed by atoms with Crippen LogP contribution in [-0.2, 0) is 4.74 Å². The van der Waals surface area contributed by atoms with E-state index in [0.717, 1.165) is 0 Å². The van der Waals surface area contributed by atoms with Crippen LogP contribution in [-0.4, -0.2) is 24.1 Å². The molecule has 2 aromatic rings. The maximum absolute atomic E-state index is 11.6. The van der Waals surface area contributed by atoms with E-state index in [0.29, 0.717) is 5.69 Å². The number of carbonyl (C=O) groups excluding carboxylic acids is 1. The first-order valence-electron chi connectivity index (χ1n) is 5.29. The first-order valence-corrected chi connectivity index (χ1v) is 7.03. The fourth-order valence-electron chi connectivity index (χ4n) is 1.67. The zero-order chi connectivity index (χ0) is 12.3. The summed E-state index contributed by atoms with van der Waals surface area (Å²) in [6, 6.07) is 13.8. The van der Waals surface area contributed by atoms with Gasteiger partial charge in [0.05, 0.1) is 7.11 Å². The zero-order valence-electron chi connectivity index (χ0n) is 9.83. The van der Waals surface area contributed by atoms with Gasteiger partial charge in [-0.1, -0.05) is 30.3 Å². The van der Waals surface area contributed by atoms with Crippen molar-refractivity contribution in [2.75, 3.05) is 13.8 Å². The van der Waals surface area contributed by atoms with Gasteiger partial charge >= 0.3 is 5.97 Å². The second kappa shape index (κ2) is 5.15. The van der Waals surface area contributed by atoms with Gasteiger partial charge < -0.3 is 9.07 Å².